The predicted molar refractivity (Wildman–Crippen MR) is 78.0 cm³/mol. The highest BCUT2D eigenvalue weighted by molar-refractivity contribution is 4.91. The number of aliphatic hydroxyl groups is 2. The molecule has 0 aromatic heterocycles. The standard InChI is InChI=1S/C15H30O6/c1-8(2)18-7-11-13(19-9(3)4)12(16)14(15(17)21-11)20-10(5)6/h8-17H,7H2,1-6H3. The topological polar surface area (TPSA) is 77.4 Å². The van der Waals surface area contributed by atoms with Crippen LogP contribution in [-0.4, -0.2) is 65.8 Å². The maximum Gasteiger partial charge on any atom is 0.184 e. The van der Waals surface area contributed by atoms with Crippen molar-refractivity contribution >= 4 is 0 Å². The molecule has 1 aliphatic rings. The molecule has 6 nitrogen and oxygen atoms in total. The molecule has 5 unspecified atom stereocenters. The van der Waals surface area contributed by atoms with Gasteiger partial charge in [-0.15, -0.1) is 0 Å². The van der Waals surface area contributed by atoms with E-state index in [0.717, 1.165) is 0 Å². The van der Waals surface area contributed by atoms with Gasteiger partial charge in [-0.3, -0.25) is 0 Å². The van der Waals surface area contributed by atoms with Crippen molar-refractivity contribution in [3.63, 3.8) is 0 Å². The van der Waals surface area contributed by atoms with E-state index >= 15 is 0 Å². The molecule has 5 atom stereocenters. The van der Waals surface area contributed by atoms with Crippen molar-refractivity contribution in [3.05, 3.63) is 0 Å². The first-order valence-corrected chi connectivity index (χ1v) is 7.66. The minimum atomic E-state index is -1.20. The lowest BCUT2D eigenvalue weighted by Gasteiger charge is -2.43. The summed E-state index contributed by atoms with van der Waals surface area (Å²) in [6.07, 6.45) is -4.32. The highest BCUT2D eigenvalue weighted by atomic mass is 16.7. The van der Waals surface area contributed by atoms with E-state index in [4.69, 9.17) is 18.9 Å². The number of hydrogen-bond donors (Lipinski definition) is 2. The third kappa shape index (κ3) is 5.81. The van der Waals surface area contributed by atoms with E-state index in [0.29, 0.717) is 0 Å². The fraction of sp³-hybridized carbons (Fsp3) is 1.00. The van der Waals surface area contributed by atoms with E-state index in [1.165, 1.54) is 0 Å². The van der Waals surface area contributed by atoms with Gasteiger partial charge in [-0.2, -0.15) is 0 Å². The second-order valence-electron chi connectivity index (χ2n) is 6.24. The van der Waals surface area contributed by atoms with Gasteiger partial charge in [0.2, 0.25) is 0 Å². The van der Waals surface area contributed by atoms with Gasteiger partial charge in [0.05, 0.1) is 24.9 Å². The van der Waals surface area contributed by atoms with E-state index in [1.807, 2.05) is 41.5 Å². The molecular formula is C15H30O6. The SMILES string of the molecule is CC(C)OCC1OC(O)C(OC(C)C)C(O)C1OC(C)C. The molecule has 0 aromatic carbocycles. The number of aliphatic hydroxyl groups excluding tert-OH is 2. The van der Waals surface area contributed by atoms with Gasteiger partial charge in [-0.05, 0) is 41.5 Å². The van der Waals surface area contributed by atoms with Gasteiger partial charge in [-0.25, -0.2) is 0 Å². The molecule has 0 radical (unpaired) electrons. The Kier molecular flexibility index (Phi) is 7.53. The van der Waals surface area contributed by atoms with E-state index < -0.39 is 30.7 Å². The molecule has 0 amide bonds. The van der Waals surface area contributed by atoms with Gasteiger partial charge >= 0.3 is 0 Å². The average molecular weight is 306 g/mol. The minimum absolute atomic E-state index is 0.0345. The summed E-state index contributed by atoms with van der Waals surface area (Å²) in [5.41, 5.74) is 0. The highest BCUT2D eigenvalue weighted by Gasteiger charge is 2.46. The second kappa shape index (κ2) is 8.41. The van der Waals surface area contributed by atoms with E-state index in [2.05, 4.69) is 0 Å². The maximum atomic E-state index is 10.5. The predicted octanol–water partition coefficient (Wildman–Crippen LogP) is 1.08. The van der Waals surface area contributed by atoms with Crippen molar-refractivity contribution in [2.75, 3.05) is 6.61 Å². The molecule has 1 rings (SSSR count). The molecule has 6 heteroatoms. The van der Waals surface area contributed by atoms with Crippen molar-refractivity contribution in [2.45, 2.75) is 90.6 Å². The molecule has 21 heavy (non-hydrogen) atoms. The Balaban J connectivity index is 2.79. The molecule has 0 aromatic rings. The smallest absolute Gasteiger partial charge is 0.184 e. The van der Waals surface area contributed by atoms with Gasteiger partial charge in [-0.1, -0.05) is 0 Å². The van der Waals surface area contributed by atoms with Crippen LogP contribution in [0.4, 0.5) is 0 Å². The van der Waals surface area contributed by atoms with E-state index in [9.17, 15) is 10.2 Å². The summed E-state index contributed by atoms with van der Waals surface area (Å²) in [6.45, 7) is 11.5. The zero-order chi connectivity index (χ0) is 16.2. The van der Waals surface area contributed by atoms with Crippen LogP contribution in [0.1, 0.15) is 41.5 Å². The summed E-state index contributed by atoms with van der Waals surface area (Å²) in [4.78, 5) is 0. The molecular weight excluding hydrogens is 276 g/mol. The lowest BCUT2D eigenvalue weighted by molar-refractivity contribution is -0.314. The molecule has 1 saturated heterocycles. The molecule has 0 aliphatic carbocycles. The maximum absolute atomic E-state index is 10.5. The quantitative estimate of drug-likeness (QED) is 0.733. The lowest BCUT2D eigenvalue weighted by Crippen LogP contribution is -2.61. The van der Waals surface area contributed by atoms with Crippen LogP contribution < -0.4 is 0 Å². The third-order valence-electron chi connectivity index (χ3n) is 3.09. The number of ether oxygens (including phenoxy) is 4. The summed E-state index contributed by atoms with van der Waals surface area (Å²) >= 11 is 0. The second-order valence-corrected chi connectivity index (χ2v) is 6.24. The Bertz CT molecular complexity index is 292. The lowest BCUT2D eigenvalue weighted by atomic mass is 9.98. The normalized spacial score (nSPS) is 34.1. The summed E-state index contributed by atoms with van der Waals surface area (Å²) in [5, 5.41) is 20.5. The summed E-state index contributed by atoms with van der Waals surface area (Å²) in [7, 11) is 0. The fourth-order valence-electron chi connectivity index (χ4n) is 2.28. The summed E-state index contributed by atoms with van der Waals surface area (Å²) in [5.74, 6) is 0. The van der Waals surface area contributed by atoms with Crippen LogP contribution in [0.25, 0.3) is 0 Å². The Morgan fingerprint density at radius 2 is 1.38 bits per heavy atom. The van der Waals surface area contributed by atoms with Crippen molar-refractivity contribution in [3.8, 4) is 0 Å². The van der Waals surface area contributed by atoms with Crippen molar-refractivity contribution in [1.82, 2.24) is 0 Å². The van der Waals surface area contributed by atoms with Crippen LogP contribution in [0.15, 0.2) is 0 Å². The Hall–Kier alpha value is -0.240. The fourth-order valence-corrected chi connectivity index (χ4v) is 2.28. The molecule has 1 fully saturated rings. The molecule has 1 heterocycles. The number of hydrogen-bond acceptors (Lipinski definition) is 6. The summed E-state index contributed by atoms with van der Waals surface area (Å²) in [6, 6.07) is 0. The van der Waals surface area contributed by atoms with Crippen LogP contribution in [0.5, 0.6) is 0 Å². The third-order valence-corrected chi connectivity index (χ3v) is 3.09. The van der Waals surface area contributed by atoms with Crippen LogP contribution in [-0.2, 0) is 18.9 Å². The summed E-state index contributed by atoms with van der Waals surface area (Å²) < 4.78 is 22.4. The Morgan fingerprint density at radius 1 is 0.857 bits per heavy atom. The highest BCUT2D eigenvalue weighted by Crippen LogP contribution is 2.26. The minimum Gasteiger partial charge on any atom is -0.387 e. The van der Waals surface area contributed by atoms with Crippen LogP contribution >= 0.6 is 0 Å². The molecule has 0 saturated carbocycles. The van der Waals surface area contributed by atoms with Gasteiger partial charge in [0.15, 0.2) is 6.29 Å². The van der Waals surface area contributed by atoms with Gasteiger partial charge in [0.1, 0.15) is 24.4 Å². The largest absolute Gasteiger partial charge is 0.387 e. The van der Waals surface area contributed by atoms with E-state index in [1.54, 1.807) is 0 Å². The molecule has 0 bridgehead atoms. The Labute approximate surface area is 127 Å². The number of rotatable bonds is 7. The molecule has 0 spiro atoms. The first-order valence-electron chi connectivity index (χ1n) is 7.66. The van der Waals surface area contributed by atoms with Gasteiger partial charge in [0, 0.05) is 0 Å². The van der Waals surface area contributed by atoms with E-state index in [-0.39, 0.29) is 24.9 Å². The molecule has 1 aliphatic heterocycles. The Morgan fingerprint density at radius 3 is 1.86 bits per heavy atom. The molecule has 2 N–H and O–H groups in total. The first-order chi connectivity index (χ1) is 9.72. The zero-order valence-electron chi connectivity index (χ0n) is 13.9. The monoisotopic (exact) mass is 306 g/mol. The first kappa shape index (κ1) is 18.8. The average Bonchev–Trinajstić information content (AvgIpc) is 2.35. The van der Waals surface area contributed by atoms with Crippen molar-refractivity contribution < 1.29 is 29.2 Å². The van der Waals surface area contributed by atoms with Gasteiger partial charge < -0.3 is 29.2 Å². The molecule has 126 valence electrons. The van der Waals surface area contributed by atoms with Crippen LogP contribution in [0.3, 0.4) is 0 Å². The zero-order valence-corrected chi connectivity index (χ0v) is 13.9. The van der Waals surface area contributed by atoms with Crippen molar-refractivity contribution in [1.29, 1.82) is 0 Å². The van der Waals surface area contributed by atoms with Gasteiger partial charge in [0.25, 0.3) is 0 Å². The van der Waals surface area contributed by atoms with Crippen molar-refractivity contribution in [2.24, 2.45) is 0 Å². The van der Waals surface area contributed by atoms with Crippen LogP contribution in [0, 0.1) is 0 Å². The van der Waals surface area contributed by atoms with Crippen LogP contribution in [0.2, 0.25) is 0 Å².